The van der Waals surface area contributed by atoms with E-state index in [4.69, 9.17) is 68.6 Å². The normalized spacial score (nSPS) is 22.8. The van der Waals surface area contributed by atoms with Gasteiger partial charge in [-0.15, -0.1) is 0 Å². The average Bonchev–Trinajstić information content (AvgIpc) is 3.31. The Hall–Kier alpha value is -3.34. The minimum absolute atomic E-state index is 0.00273. The van der Waals surface area contributed by atoms with Crippen LogP contribution in [0.15, 0.2) is 78.9 Å². The van der Waals surface area contributed by atoms with Gasteiger partial charge in [0.2, 0.25) is 18.3 Å². The van der Waals surface area contributed by atoms with Crippen LogP contribution in [0.5, 0.6) is 0 Å². The van der Waals surface area contributed by atoms with Crippen LogP contribution >= 0.6 is 34.8 Å². The van der Waals surface area contributed by atoms with Gasteiger partial charge >= 0.3 is 12.1 Å². The molecule has 0 bridgehead atoms. The third kappa shape index (κ3) is 7.30. The van der Waals surface area contributed by atoms with Gasteiger partial charge in [0.25, 0.3) is 3.79 Å². The number of fused-ring (bicyclic) bond motifs is 3. The van der Waals surface area contributed by atoms with Crippen LogP contribution in [0.2, 0.25) is 0 Å². The summed E-state index contributed by atoms with van der Waals surface area (Å²) in [6.45, 7) is 2.95. The van der Waals surface area contributed by atoms with E-state index in [1.54, 1.807) is 6.92 Å². The Balaban J connectivity index is 1.38. The molecule has 1 N–H and O–H groups in total. The zero-order chi connectivity index (χ0) is 31.4. The van der Waals surface area contributed by atoms with E-state index in [1.165, 1.54) is 6.92 Å². The van der Waals surface area contributed by atoms with Gasteiger partial charge in [0.15, 0.2) is 6.10 Å². The van der Waals surface area contributed by atoms with Gasteiger partial charge in [0.1, 0.15) is 12.7 Å². The number of nitrogens with one attached hydrogen (secondary N) is 1. The van der Waals surface area contributed by atoms with Gasteiger partial charge in [0.05, 0.1) is 12.7 Å². The lowest BCUT2D eigenvalue weighted by molar-refractivity contribution is -0.287. The molecule has 1 saturated heterocycles. The highest BCUT2D eigenvalue weighted by atomic mass is 35.6. The monoisotopic (exact) mass is 661 g/mol. The van der Waals surface area contributed by atoms with Gasteiger partial charge < -0.3 is 28.4 Å². The van der Waals surface area contributed by atoms with Crippen LogP contribution in [-0.2, 0) is 39.8 Å². The highest BCUT2D eigenvalue weighted by Gasteiger charge is 2.52. The molecule has 0 aromatic heterocycles. The lowest BCUT2D eigenvalue weighted by atomic mass is 9.98. The quantitative estimate of drug-likeness (QED) is 0.119. The molecule has 1 aliphatic heterocycles. The molecular weight excluding hydrogens is 633 g/mol. The van der Waals surface area contributed by atoms with Crippen molar-refractivity contribution >= 4 is 52.8 Å². The number of alkyl halides is 3. The second kappa shape index (κ2) is 13.7. The average molecular weight is 663 g/mol. The Morgan fingerprint density at radius 2 is 1.41 bits per heavy atom. The molecule has 0 amide bonds. The van der Waals surface area contributed by atoms with Crippen molar-refractivity contribution in [2.45, 2.75) is 60.9 Å². The highest BCUT2D eigenvalue weighted by Crippen LogP contribution is 2.44. The zero-order valence-electron chi connectivity index (χ0n) is 23.8. The molecule has 5 rings (SSSR count). The molecule has 44 heavy (non-hydrogen) atoms. The lowest BCUT2D eigenvalue weighted by Crippen LogP contribution is -2.61. The van der Waals surface area contributed by atoms with Crippen molar-refractivity contribution in [3.05, 3.63) is 95.6 Å². The first-order valence-electron chi connectivity index (χ1n) is 13.8. The fourth-order valence-corrected chi connectivity index (χ4v) is 5.57. The van der Waals surface area contributed by atoms with Gasteiger partial charge in [-0.25, -0.2) is 4.79 Å². The minimum Gasteiger partial charge on any atom is -0.452 e. The standard InChI is InChI=1S/C32H30Cl3NO8/c1-18-26(39-16-20-10-4-3-5-11-20)27(28(42-19(2)37)29(41-18)44-30(36)32(33,34)35)43-31(38)40-17-25-23-14-8-6-12-21(23)22-13-7-9-15-24(22)25/h3-15,18,25-29,36H,16-17H2,1-2H3/t18-,26-,27+,28+,29-/m0/s1. The molecule has 0 unspecified atom stereocenters. The first-order valence-corrected chi connectivity index (χ1v) is 15.0. The summed E-state index contributed by atoms with van der Waals surface area (Å²) in [5, 5.41) is 8.04. The molecule has 0 spiro atoms. The number of hydrogen-bond acceptors (Lipinski definition) is 9. The maximum atomic E-state index is 13.3. The minimum atomic E-state index is -2.23. The lowest BCUT2D eigenvalue weighted by Gasteiger charge is -2.43. The summed E-state index contributed by atoms with van der Waals surface area (Å²) in [5.41, 5.74) is 5.05. The third-order valence-electron chi connectivity index (χ3n) is 7.37. The van der Waals surface area contributed by atoms with Crippen molar-refractivity contribution in [1.82, 2.24) is 0 Å². The van der Waals surface area contributed by atoms with E-state index in [0.29, 0.717) is 0 Å². The molecule has 0 radical (unpaired) electrons. The Labute approximate surface area is 269 Å². The molecule has 3 aromatic carbocycles. The van der Waals surface area contributed by atoms with Crippen molar-refractivity contribution in [3.8, 4) is 11.1 Å². The van der Waals surface area contributed by atoms with Crippen molar-refractivity contribution < 1.29 is 38.0 Å². The fourth-order valence-electron chi connectivity index (χ4n) is 5.43. The molecule has 5 atom stereocenters. The second-order valence-electron chi connectivity index (χ2n) is 10.4. The highest BCUT2D eigenvalue weighted by molar-refractivity contribution is 6.76. The van der Waals surface area contributed by atoms with E-state index in [-0.39, 0.29) is 19.1 Å². The molecule has 2 aliphatic rings. The van der Waals surface area contributed by atoms with E-state index in [0.717, 1.165) is 27.8 Å². The van der Waals surface area contributed by atoms with E-state index < -0.39 is 52.5 Å². The number of rotatable bonds is 8. The Morgan fingerprint density at radius 3 is 2.00 bits per heavy atom. The number of benzene rings is 3. The van der Waals surface area contributed by atoms with Crippen LogP contribution in [0.25, 0.3) is 11.1 Å². The van der Waals surface area contributed by atoms with Crippen LogP contribution in [-0.4, -0.2) is 59.1 Å². The maximum absolute atomic E-state index is 13.3. The summed E-state index contributed by atoms with van der Waals surface area (Å²) < 4.78 is 32.3. The zero-order valence-corrected chi connectivity index (χ0v) is 26.1. The summed E-state index contributed by atoms with van der Waals surface area (Å²) in [6, 6.07) is 25.2. The first kappa shape index (κ1) is 32.1. The SMILES string of the molecule is CC(=O)O[C@H]1[C@H](OC(=N)C(Cl)(Cl)Cl)O[C@@H](C)[C@H](OCc2ccccc2)[C@H]1OC(=O)OCC1c2ccccc2-c2ccccc21. The molecule has 12 heteroatoms. The predicted molar refractivity (Wildman–Crippen MR) is 164 cm³/mol. The summed E-state index contributed by atoms with van der Waals surface area (Å²) >= 11 is 17.5. The Kier molecular flexibility index (Phi) is 10.0. The van der Waals surface area contributed by atoms with Crippen LogP contribution in [0, 0.1) is 5.41 Å². The predicted octanol–water partition coefficient (Wildman–Crippen LogP) is 6.95. The molecule has 1 fully saturated rings. The van der Waals surface area contributed by atoms with Gasteiger partial charge in [-0.3, -0.25) is 10.2 Å². The number of esters is 1. The molecule has 9 nitrogen and oxygen atoms in total. The largest absolute Gasteiger partial charge is 0.508 e. The van der Waals surface area contributed by atoms with Crippen molar-refractivity contribution in [2.24, 2.45) is 0 Å². The number of carbonyl (C=O) groups is 2. The van der Waals surface area contributed by atoms with Crippen LogP contribution in [0.1, 0.15) is 36.5 Å². The van der Waals surface area contributed by atoms with Gasteiger partial charge in [-0.05, 0) is 34.7 Å². The second-order valence-corrected chi connectivity index (χ2v) is 12.6. The molecular formula is C32H30Cl3NO8. The number of hydrogen-bond donors (Lipinski definition) is 1. The molecule has 1 aliphatic carbocycles. The van der Waals surface area contributed by atoms with Gasteiger partial charge in [0, 0.05) is 12.8 Å². The van der Waals surface area contributed by atoms with Crippen molar-refractivity contribution in [1.29, 1.82) is 5.41 Å². The molecule has 3 aromatic rings. The first-order chi connectivity index (χ1) is 21.0. The molecule has 1 heterocycles. The number of halogens is 3. The summed E-state index contributed by atoms with van der Waals surface area (Å²) in [6.07, 6.45) is -6.91. The van der Waals surface area contributed by atoms with Crippen LogP contribution in [0.4, 0.5) is 4.79 Å². The smallest absolute Gasteiger partial charge is 0.452 e. The molecule has 0 saturated carbocycles. The van der Waals surface area contributed by atoms with E-state index in [9.17, 15) is 9.59 Å². The van der Waals surface area contributed by atoms with Crippen molar-refractivity contribution in [2.75, 3.05) is 6.61 Å². The molecule has 232 valence electrons. The maximum Gasteiger partial charge on any atom is 0.508 e. The summed E-state index contributed by atoms with van der Waals surface area (Å²) in [4.78, 5) is 25.5. The van der Waals surface area contributed by atoms with Crippen LogP contribution < -0.4 is 0 Å². The summed E-state index contributed by atoms with van der Waals surface area (Å²) in [7, 11) is 0. The summed E-state index contributed by atoms with van der Waals surface area (Å²) in [5.74, 6) is -1.72. The number of ether oxygens (including phenoxy) is 6. The third-order valence-corrected chi connectivity index (χ3v) is 7.88. The van der Waals surface area contributed by atoms with Gasteiger partial charge in [-0.1, -0.05) is 114 Å². The van der Waals surface area contributed by atoms with E-state index in [1.807, 2.05) is 78.9 Å². The fraction of sp³-hybridized carbons (Fsp3) is 0.344. The Bertz CT molecular complexity index is 1450. The van der Waals surface area contributed by atoms with E-state index >= 15 is 0 Å². The topological polar surface area (TPSA) is 113 Å². The van der Waals surface area contributed by atoms with Gasteiger partial charge in [-0.2, -0.15) is 0 Å². The van der Waals surface area contributed by atoms with Crippen molar-refractivity contribution in [3.63, 3.8) is 0 Å². The number of carbonyl (C=O) groups excluding carboxylic acids is 2. The van der Waals surface area contributed by atoms with E-state index in [2.05, 4.69) is 0 Å². The Morgan fingerprint density at radius 1 is 0.818 bits per heavy atom. The van der Waals surface area contributed by atoms with Crippen LogP contribution in [0.3, 0.4) is 0 Å².